The topological polar surface area (TPSA) is 56.8 Å². The number of carbonyl (C=O) groups excluding carboxylic acids is 1. The van der Waals surface area contributed by atoms with Gasteiger partial charge in [0, 0.05) is 0 Å². The molecule has 0 aromatic heterocycles. The van der Waals surface area contributed by atoms with E-state index < -0.39 is 11.9 Å². The summed E-state index contributed by atoms with van der Waals surface area (Å²) >= 11 is 0. The fourth-order valence-electron chi connectivity index (χ4n) is 2.20. The van der Waals surface area contributed by atoms with Gasteiger partial charge in [0.15, 0.2) is 29.2 Å². The average Bonchev–Trinajstić information content (AvgIpc) is 2.64. The van der Waals surface area contributed by atoms with Crippen molar-refractivity contribution in [2.45, 2.75) is 19.4 Å². The molecule has 1 amide bonds. The molecule has 1 atom stereocenters. The van der Waals surface area contributed by atoms with E-state index in [1.807, 2.05) is 12.1 Å². The van der Waals surface area contributed by atoms with Crippen LogP contribution in [0.3, 0.4) is 0 Å². The zero-order valence-corrected chi connectivity index (χ0v) is 14.3. The van der Waals surface area contributed by atoms with Gasteiger partial charge in [-0.3, -0.25) is 4.79 Å². The first-order valence-corrected chi connectivity index (χ1v) is 8.10. The van der Waals surface area contributed by atoms with Gasteiger partial charge in [-0.1, -0.05) is 31.2 Å². The normalized spacial score (nSPS) is 11.5. The molecule has 25 heavy (non-hydrogen) atoms. The number of para-hydroxylation sites is 3. The molecule has 0 saturated carbocycles. The van der Waals surface area contributed by atoms with Crippen LogP contribution in [0.4, 0.5) is 4.39 Å². The quantitative estimate of drug-likeness (QED) is 0.708. The van der Waals surface area contributed by atoms with E-state index in [-0.39, 0.29) is 18.3 Å². The number of carbonyl (C=O) groups is 1. The van der Waals surface area contributed by atoms with E-state index in [0.29, 0.717) is 24.5 Å². The number of methoxy groups -OCH3 is 1. The smallest absolute Gasteiger partial charge is 0.261 e. The lowest BCUT2D eigenvalue weighted by Gasteiger charge is -2.18. The second-order valence-electron chi connectivity index (χ2n) is 5.24. The maximum atomic E-state index is 13.6. The zero-order chi connectivity index (χ0) is 18.1. The summed E-state index contributed by atoms with van der Waals surface area (Å²) in [5.41, 5.74) is 0. The minimum Gasteiger partial charge on any atom is -0.493 e. The Balaban J connectivity index is 1.81. The molecule has 0 aliphatic heterocycles. The molecule has 0 unspecified atom stereocenters. The Labute approximate surface area is 146 Å². The first-order chi connectivity index (χ1) is 12.2. The van der Waals surface area contributed by atoms with Gasteiger partial charge in [-0.25, -0.2) is 4.39 Å². The molecule has 0 aliphatic rings. The molecule has 6 heteroatoms. The predicted octanol–water partition coefficient (Wildman–Crippen LogP) is 3.19. The lowest BCUT2D eigenvalue weighted by atomic mass is 10.2. The number of hydrogen-bond donors (Lipinski definition) is 1. The molecule has 0 heterocycles. The molecular weight excluding hydrogens is 325 g/mol. The van der Waals surface area contributed by atoms with Gasteiger partial charge < -0.3 is 19.5 Å². The van der Waals surface area contributed by atoms with Crippen LogP contribution >= 0.6 is 0 Å². The van der Waals surface area contributed by atoms with Crippen molar-refractivity contribution in [3.63, 3.8) is 0 Å². The third-order valence-corrected chi connectivity index (χ3v) is 3.50. The highest BCUT2D eigenvalue weighted by atomic mass is 19.1. The Morgan fingerprint density at radius 2 is 1.72 bits per heavy atom. The summed E-state index contributed by atoms with van der Waals surface area (Å²) in [6.45, 7) is 2.38. The standard InChI is InChI=1S/C19H22FNO4/c1-3-15(25-16-9-5-4-8-14(16)20)19(22)21-12-13-24-18-11-7-6-10-17(18)23-2/h4-11,15H,3,12-13H2,1-2H3,(H,21,22)/t15-/m0/s1. The SMILES string of the molecule is CC[C@H](Oc1ccccc1F)C(=O)NCCOc1ccccc1OC. The van der Waals surface area contributed by atoms with E-state index in [0.717, 1.165) is 0 Å². The van der Waals surface area contributed by atoms with Gasteiger partial charge in [-0.15, -0.1) is 0 Å². The summed E-state index contributed by atoms with van der Waals surface area (Å²) in [6, 6.07) is 13.3. The predicted molar refractivity (Wildman–Crippen MR) is 92.6 cm³/mol. The Hall–Kier alpha value is -2.76. The number of nitrogens with one attached hydrogen (secondary N) is 1. The fourth-order valence-corrected chi connectivity index (χ4v) is 2.20. The molecule has 0 saturated heterocycles. The molecule has 0 aliphatic carbocycles. The molecule has 0 bridgehead atoms. The van der Waals surface area contributed by atoms with E-state index in [4.69, 9.17) is 14.2 Å². The summed E-state index contributed by atoms with van der Waals surface area (Å²) < 4.78 is 29.9. The molecule has 2 aromatic rings. The van der Waals surface area contributed by atoms with Crippen LogP contribution in [0, 0.1) is 5.82 Å². The van der Waals surface area contributed by atoms with E-state index >= 15 is 0 Å². The molecular formula is C19H22FNO4. The first kappa shape index (κ1) is 18.6. The summed E-state index contributed by atoms with van der Waals surface area (Å²) in [5, 5.41) is 2.73. The van der Waals surface area contributed by atoms with Crippen LogP contribution in [0.15, 0.2) is 48.5 Å². The van der Waals surface area contributed by atoms with Crippen molar-refractivity contribution in [2.75, 3.05) is 20.3 Å². The minimum absolute atomic E-state index is 0.0646. The van der Waals surface area contributed by atoms with Gasteiger partial charge in [-0.2, -0.15) is 0 Å². The molecule has 134 valence electrons. The largest absolute Gasteiger partial charge is 0.493 e. The molecule has 5 nitrogen and oxygen atoms in total. The van der Waals surface area contributed by atoms with Crippen molar-refractivity contribution in [2.24, 2.45) is 0 Å². The van der Waals surface area contributed by atoms with Crippen LogP contribution in [-0.2, 0) is 4.79 Å². The van der Waals surface area contributed by atoms with Crippen LogP contribution in [0.2, 0.25) is 0 Å². The van der Waals surface area contributed by atoms with Crippen LogP contribution in [0.1, 0.15) is 13.3 Å². The van der Waals surface area contributed by atoms with Crippen molar-refractivity contribution < 1.29 is 23.4 Å². The van der Waals surface area contributed by atoms with Crippen LogP contribution in [0.25, 0.3) is 0 Å². The molecule has 0 fully saturated rings. The molecule has 1 N–H and O–H groups in total. The summed E-state index contributed by atoms with van der Waals surface area (Å²) in [5.74, 6) is 0.495. The Morgan fingerprint density at radius 3 is 2.36 bits per heavy atom. The maximum absolute atomic E-state index is 13.6. The van der Waals surface area contributed by atoms with Gasteiger partial charge in [0.2, 0.25) is 0 Å². The molecule has 0 spiro atoms. The van der Waals surface area contributed by atoms with Crippen LogP contribution in [-0.4, -0.2) is 32.3 Å². The number of amides is 1. The van der Waals surface area contributed by atoms with E-state index in [2.05, 4.69) is 5.32 Å². The number of benzene rings is 2. The Kier molecular flexibility index (Phi) is 7.07. The Bertz CT molecular complexity index is 693. The zero-order valence-electron chi connectivity index (χ0n) is 14.3. The van der Waals surface area contributed by atoms with Gasteiger partial charge in [-0.05, 0) is 30.7 Å². The average molecular weight is 347 g/mol. The monoisotopic (exact) mass is 347 g/mol. The van der Waals surface area contributed by atoms with E-state index in [1.54, 1.807) is 38.3 Å². The number of halogens is 1. The summed E-state index contributed by atoms with van der Waals surface area (Å²) in [6.07, 6.45) is -0.337. The Morgan fingerprint density at radius 1 is 1.08 bits per heavy atom. The van der Waals surface area contributed by atoms with E-state index in [9.17, 15) is 9.18 Å². The highest BCUT2D eigenvalue weighted by Crippen LogP contribution is 2.25. The van der Waals surface area contributed by atoms with Crippen molar-refractivity contribution in [3.05, 3.63) is 54.3 Å². The lowest BCUT2D eigenvalue weighted by molar-refractivity contribution is -0.128. The molecule has 2 rings (SSSR count). The number of hydrogen-bond acceptors (Lipinski definition) is 4. The summed E-state index contributed by atoms with van der Waals surface area (Å²) in [4.78, 5) is 12.2. The van der Waals surface area contributed by atoms with Gasteiger partial charge in [0.1, 0.15) is 6.61 Å². The lowest BCUT2D eigenvalue weighted by Crippen LogP contribution is -2.39. The third-order valence-electron chi connectivity index (χ3n) is 3.50. The number of rotatable bonds is 9. The first-order valence-electron chi connectivity index (χ1n) is 8.10. The minimum atomic E-state index is -0.761. The highest BCUT2D eigenvalue weighted by Gasteiger charge is 2.19. The van der Waals surface area contributed by atoms with Crippen molar-refractivity contribution in [3.8, 4) is 17.2 Å². The highest BCUT2D eigenvalue weighted by molar-refractivity contribution is 5.81. The number of ether oxygens (including phenoxy) is 3. The third kappa shape index (κ3) is 5.38. The fraction of sp³-hybridized carbons (Fsp3) is 0.316. The second kappa shape index (κ2) is 9.52. The van der Waals surface area contributed by atoms with Gasteiger partial charge in [0.05, 0.1) is 13.7 Å². The van der Waals surface area contributed by atoms with Crippen LogP contribution < -0.4 is 19.5 Å². The molecule has 2 aromatic carbocycles. The van der Waals surface area contributed by atoms with E-state index in [1.165, 1.54) is 12.1 Å². The van der Waals surface area contributed by atoms with Crippen molar-refractivity contribution in [1.82, 2.24) is 5.32 Å². The summed E-state index contributed by atoms with van der Waals surface area (Å²) in [7, 11) is 1.57. The van der Waals surface area contributed by atoms with Gasteiger partial charge in [0.25, 0.3) is 5.91 Å². The molecule has 0 radical (unpaired) electrons. The second-order valence-corrected chi connectivity index (χ2v) is 5.24. The van der Waals surface area contributed by atoms with Crippen LogP contribution in [0.5, 0.6) is 17.2 Å². The van der Waals surface area contributed by atoms with Crippen molar-refractivity contribution >= 4 is 5.91 Å². The van der Waals surface area contributed by atoms with Crippen molar-refractivity contribution in [1.29, 1.82) is 0 Å². The van der Waals surface area contributed by atoms with Gasteiger partial charge >= 0.3 is 0 Å². The maximum Gasteiger partial charge on any atom is 0.261 e.